The van der Waals surface area contributed by atoms with E-state index in [2.05, 4.69) is 52.2 Å². The first kappa shape index (κ1) is 21.8. The van der Waals surface area contributed by atoms with E-state index in [0.29, 0.717) is 0 Å². The van der Waals surface area contributed by atoms with E-state index in [-0.39, 0.29) is 24.0 Å². The van der Waals surface area contributed by atoms with Gasteiger partial charge < -0.3 is 15.4 Å². The molecule has 2 rings (SSSR count). The van der Waals surface area contributed by atoms with Gasteiger partial charge in [-0.1, -0.05) is 18.2 Å². The smallest absolute Gasteiger partial charge is 0.191 e. The minimum Gasteiger partial charge on any atom is -0.497 e. The zero-order valence-corrected chi connectivity index (χ0v) is 18.1. The van der Waals surface area contributed by atoms with E-state index < -0.39 is 0 Å². The second kappa shape index (κ2) is 13.0. The molecular formula is C19H28IN3OS. The monoisotopic (exact) mass is 473 g/mol. The molecule has 6 heteroatoms. The number of benzene rings is 1. The lowest BCUT2D eigenvalue weighted by molar-refractivity contribution is 0.414. The molecule has 1 heterocycles. The van der Waals surface area contributed by atoms with E-state index >= 15 is 0 Å². The van der Waals surface area contributed by atoms with Crippen LogP contribution >= 0.6 is 35.3 Å². The second-order valence-corrected chi connectivity index (χ2v) is 6.50. The summed E-state index contributed by atoms with van der Waals surface area (Å²) < 4.78 is 5.18. The van der Waals surface area contributed by atoms with Crippen LogP contribution in [0, 0.1) is 0 Å². The Balaban J connectivity index is 0.00000312. The maximum Gasteiger partial charge on any atom is 0.191 e. The van der Waals surface area contributed by atoms with Gasteiger partial charge in [0.1, 0.15) is 5.75 Å². The van der Waals surface area contributed by atoms with Gasteiger partial charge in [0.25, 0.3) is 0 Å². The highest BCUT2D eigenvalue weighted by atomic mass is 127. The number of rotatable bonds is 9. The number of hydrogen-bond acceptors (Lipinski definition) is 3. The van der Waals surface area contributed by atoms with Crippen LogP contribution in [0.25, 0.3) is 0 Å². The second-order valence-electron chi connectivity index (χ2n) is 5.47. The molecule has 0 radical (unpaired) electrons. The number of nitrogens with one attached hydrogen (secondary N) is 2. The highest BCUT2D eigenvalue weighted by Crippen LogP contribution is 2.12. The molecule has 138 valence electrons. The molecule has 0 atom stereocenters. The number of aliphatic imine (C=N–C) groups is 1. The van der Waals surface area contributed by atoms with Gasteiger partial charge in [0, 0.05) is 24.5 Å². The van der Waals surface area contributed by atoms with Gasteiger partial charge >= 0.3 is 0 Å². The maximum atomic E-state index is 5.18. The van der Waals surface area contributed by atoms with Crippen molar-refractivity contribution in [1.82, 2.24) is 10.6 Å². The van der Waals surface area contributed by atoms with Crippen LogP contribution in [0.2, 0.25) is 0 Å². The molecule has 0 fully saturated rings. The van der Waals surface area contributed by atoms with Crippen molar-refractivity contribution in [2.75, 3.05) is 26.7 Å². The van der Waals surface area contributed by atoms with Crippen LogP contribution in [-0.2, 0) is 12.8 Å². The lowest BCUT2D eigenvalue weighted by atomic mass is 10.1. The first-order valence-electron chi connectivity index (χ1n) is 8.49. The van der Waals surface area contributed by atoms with E-state index in [1.807, 2.05) is 12.1 Å². The van der Waals surface area contributed by atoms with Crippen molar-refractivity contribution in [3.05, 3.63) is 52.2 Å². The minimum absolute atomic E-state index is 0. The Morgan fingerprint density at radius 3 is 2.56 bits per heavy atom. The molecule has 0 spiro atoms. The Kier molecular flexibility index (Phi) is 11.3. The molecule has 0 aliphatic carbocycles. The Hall–Kier alpha value is -1.28. The first-order valence-corrected chi connectivity index (χ1v) is 9.37. The van der Waals surface area contributed by atoms with Gasteiger partial charge in [-0.15, -0.1) is 35.3 Å². The summed E-state index contributed by atoms with van der Waals surface area (Å²) in [6.45, 7) is 4.70. The van der Waals surface area contributed by atoms with Gasteiger partial charge in [0.2, 0.25) is 0 Å². The molecule has 2 N–H and O–H groups in total. The third-order valence-corrected chi connectivity index (χ3v) is 4.58. The highest BCUT2D eigenvalue weighted by molar-refractivity contribution is 14.0. The van der Waals surface area contributed by atoms with Crippen LogP contribution in [0.1, 0.15) is 23.8 Å². The Bertz CT molecular complexity index is 600. The summed E-state index contributed by atoms with van der Waals surface area (Å²) in [4.78, 5) is 6.06. The third kappa shape index (κ3) is 8.58. The fourth-order valence-corrected chi connectivity index (χ4v) is 3.08. The molecule has 0 unspecified atom stereocenters. The standard InChI is InChI=1S/C19H27N3OS.HI/c1-3-20-19(22-14-12-18-7-5-15-24-18)21-13-4-6-16-8-10-17(23-2)11-9-16;/h5,7-11,15H,3-4,6,12-14H2,1-2H3,(H2,20,21,22);1H. The molecule has 0 aliphatic rings. The SMILES string of the molecule is CCNC(=NCCCc1ccc(OC)cc1)NCCc1cccs1.I. The number of hydrogen-bond donors (Lipinski definition) is 2. The van der Waals surface area contributed by atoms with Gasteiger partial charge in [0.15, 0.2) is 5.96 Å². The molecule has 1 aromatic carbocycles. The van der Waals surface area contributed by atoms with Crippen molar-refractivity contribution in [2.24, 2.45) is 4.99 Å². The first-order chi connectivity index (χ1) is 11.8. The summed E-state index contributed by atoms with van der Waals surface area (Å²) in [7, 11) is 1.69. The summed E-state index contributed by atoms with van der Waals surface area (Å²) in [5.41, 5.74) is 1.32. The summed E-state index contributed by atoms with van der Waals surface area (Å²) in [5, 5.41) is 8.82. The molecule has 2 aromatic rings. The third-order valence-electron chi connectivity index (χ3n) is 3.64. The van der Waals surface area contributed by atoms with Crippen LogP contribution < -0.4 is 15.4 Å². The fourth-order valence-electron chi connectivity index (χ4n) is 2.37. The highest BCUT2D eigenvalue weighted by Gasteiger charge is 1.99. The number of halogens is 1. The quantitative estimate of drug-likeness (QED) is 0.250. The molecular weight excluding hydrogens is 445 g/mol. The van der Waals surface area contributed by atoms with Gasteiger partial charge in [-0.05, 0) is 55.3 Å². The summed E-state index contributed by atoms with van der Waals surface area (Å²) in [5.74, 6) is 1.81. The molecule has 0 aliphatic heterocycles. The molecule has 25 heavy (non-hydrogen) atoms. The van der Waals surface area contributed by atoms with Gasteiger partial charge in [-0.3, -0.25) is 4.99 Å². The number of ether oxygens (including phenoxy) is 1. The fraction of sp³-hybridized carbons (Fsp3) is 0.421. The average molecular weight is 473 g/mol. The van der Waals surface area contributed by atoms with Gasteiger partial charge in [0.05, 0.1) is 7.11 Å². The molecule has 1 aromatic heterocycles. The topological polar surface area (TPSA) is 45.7 Å². The summed E-state index contributed by atoms with van der Waals surface area (Å²) >= 11 is 1.80. The lowest BCUT2D eigenvalue weighted by Gasteiger charge is -2.10. The predicted molar refractivity (Wildman–Crippen MR) is 119 cm³/mol. The number of methoxy groups -OCH3 is 1. The van der Waals surface area contributed by atoms with E-state index in [1.54, 1.807) is 18.4 Å². The molecule has 0 saturated heterocycles. The van der Waals surface area contributed by atoms with Crippen LogP contribution in [0.5, 0.6) is 5.75 Å². The number of guanidine groups is 1. The Labute approximate surface area is 172 Å². The van der Waals surface area contributed by atoms with E-state index in [0.717, 1.165) is 50.6 Å². The largest absolute Gasteiger partial charge is 0.497 e. The van der Waals surface area contributed by atoms with Crippen molar-refractivity contribution in [3.63, 3.8) is 0 Å². The summed E-state index contributed by atoms with van der Waals surface area (Å²) in [6.07, 6.45) is 3.10. The zero-order chi connectivity index (χ0) is 17.0. The average Bonchev–Trinajstić information content (AvgIpc) is 3.12. The van der Waals surface area contributed by atoms with Crippen molar-refractivity contribution in [1.29, 1.82) is 0 Å². The van der Waals surface area contributed by atoms with Crippen molar-refractivity contribution in [3.8, 4) is 5.75 Å². The van der Waals surface area contributed by atoms with Crippen LogP contribution in [0.15, 0.2) is 46.8 Å². The number of nitrogens with zero attached hydrogens (tertiary/aromatic N) is 1. The lowest BCUT2D eigenvalue weighted by Crippen LogP contribution is -2.38. The Morgan fingerprint density at radius 1 is 1.12 bits per heavy atom. The molecule has 0 amide bonds. The normalized spacial score (nSPS) is 10.9. The van der Waals surface area contributed by atoms with Gasteiger partial charge in [-0.25, -0.2) is 0 Å². The van der Waals surface area contributed by atoms with E-state index in [4.69, 9.17) is 4.74 Å². The zero-order valence-electron chi connectivity index (χ0n) is 15.0. The number of aryl methyl sites for hydroxylation is 1. The predicted octanol–water partition coefficient (Wildman–Crippen LogP) is 4.11. The van der Waals surface area contributed by atoms with Gasteiger partial charge in [-0.2, -0.15) is 0 Å². The van der Waals surface area contributed by atoms with E-state index in [9.17, 15) is 0 Å². The van der Waals surface area contributed by atoms with Crippen LogP contribution in [-0.4, -0.2) is 32.7 Å². The van der Waals surface area contributed by atoms with Crippen molar-refractivity contribution in [2.45, 2.75) is 26.2 Å². The molecule has 0 bridgehead atoms. The Morgan fingerprint density at radius 2 is 1.92 bits per heavy atom. The molecule has 4 nitrogen and oxygen atoms in total. The molecule has 0 saturated carbocycles. The van der Waals surface area contributed by atoms with Crippen LogP contribution in [0.3, 0.4) is 0 Å². The van der Waals surface area contributed by atoms with Crippen molar-refractivity contribution < 1.29 is 4.74 Å². The van der Waals surface area contributed by atoms with E-state index in [1.165, 1.54) is 10.4 Å². The number of thiophene rings is 1. The van der Waals surface area contributed by atoms with Crippen LogP contribution in [0.4, 0.5) is 0 Å². The maximum absolute atomic E-state index is 5.18. The summed E-state index contributed by atoms with van der Waals surface area (Å²) in [6, 6.07) is 12.5. The minimum atomic E-state index is 0. The van der Waals surface area contributed by atoms with Crippen molar-refractivity contribution >= 4 is 41.3 Å².